The van der Waals surface area contributed by atoms with Crippen molar-refractivity contribution in [3.05, 3.63) is 29.1 Å². The predicted octanol–water partition coefficient (Wildman–Crippen LogP) is 1.94. The number of aryl methyl sites for hydroxylation is 1. The molecule has 0 aliphatic rings. The molecule has 1 rings (SSSR count). The number of benzene rings is 1. The van der Waals surface area contributed by atoms with Gasteiger partial charge in [-0.05, 0) is 24.6 Å². The monoisotopic (exact) mass is 246 g/mol. The highest BCUT2D eigenvalue weighted by molar-refractivity contribution is 5.90. The molecule has 0 amide bonds. The van der Waals surface area contributed by atoms with Crippen LogP contribution in [0.25, 0.3) is 0 Å². The third kappa shape index (κ3) is 3.26. The lowest BCUT2D eigenvalue weighted by molar-refractivity contribution is 0.0556. The summed E-state index contributed by atoms with van der Waals surface area (Å²) in [5.74, 6) is 3.06. The Bertz CT molecular complexity index is 512. The maximum Gasteiger partial charge on any atom is 0.339 e. The zero-order valence-corrected chi connectivity index (χ0v) is 9.83. The lowest BCUT2D eigenvalue weighted by Crippen LogP contribution is -2.07. The molecular weight excluding hydrogens is 235 g/mol. The first-order valence-corrected chi connectivity index (χ1v) is 5.07. The fourth-order valence-corrected chi connectivity index (χ4v) is 1.34. The average molecular weight is 246 g/mol. The third-order valence-corrected chi connectivity index (χ3v) is 2.05. The van der Waals surface area contributed by atoms with Crippen LogP contribution in [0.4, 0.5) is 4.39 Å². The van der Waals surface area contributed by atoms with Gasteiger partial charge in [-0.2, -0.15) is 0 Å². The standard InChI is InChI=1S/C14H11FO3/c1-4-6-17-13-10(3)8-11(9-12(13)15)14(16)18-7-5-2/h1-2,8-9H,6-7H2,3H3. The molecule has 0 atom stereocenters. The Morgan fingerprint density at radius 1 is 1.33 bits per heavy atom. The molecule has 0 aliphatic heterocycles. The van der Waals surface area contributed by atoms with Crippen molar-refractivity contribution >= 4 is 5.97 Å². The third-order valence-electron chi connectivity index (χ3n) is 2.05. The fourth-order valence-electron chi connectivity index (χ4n) is 1.34. The quantitative estimate of drug-likeness (QED) is 0.601. The number of carbonyl (C=O) groups excluding carboxylic acids is 1. The van der Waals surface area contributed by atoms with Crippen molar-refractivity contribution in [2.75, 3.05) is 13.2 Å². The van der Waals surface area contributed by atoms with Crippen LogP contribution in [0.15, 0.2) is 12.1 Å². The van der Waals surface area contributed by atoms with E-state index >= 15 is 0 Å². The molecule has 0 unspecified atom stereocenters. The van der Waals surface area contributed by atoms with Gasteiger partial charge in [0.1, 0.15) is 6.61 Å². The van der Waals surface area contributed by atoms with Gasteiger partial charge in [-0.3, -0.25) is 0 Å². The normalized spacial score (nSPS) is 9.11. The van der Waals surface area contributed by atoms with Gasteiger partial charge in [-0.25, -0.2) is 9.18 Å². The Morgan fingerprint density at radius 3 is 2.56 bits per heavy atom. The molecule has 4 heteroatoms. The molecule has 0 bridgehead atoms. The van der Waals surface area contributed by atoms with Gasteiger partial charge >= 0.3 is 5.97 Å². The number of carbonyl (C=O) groups is 1. The van der Waals surface area contributed by atoms with Crippen LogP contribution >= 0.6 is 0 Å². The van der Waals surface area contributed by atoms with E-state index in [0.29, 0.717) is 5.56 Å². The minimum Gasteiger partial charge on any atom is -0.478 e. The van der Waals surface area contributed by atoms with Crippen molar-refractivity contribution in [2.45, 2.75) is 6.92 Å². The lowest BCUT2D eigenvalue weighted by Gasteiger charge is -2.09. The van der Waals surface area contributed by atoms with Crippen molar-refractivity contribution in [2.24, 2.45) is 0 Å². The van der Waals surface area contributed by atoms with Crippen LogP contribution in [-0.2, 0) is 4.74 Å². The van der Waals surface area contributed by atoms with Gasteiger partial charge in [0.05, 0.1) is 5.56 Å². The Balaban J connectivity index is 2.96. The smallest absolute Gasteiger partial charge is 0.339 e. The molecule has 0 fully saturated rings. The molecule has 0 N–H and O–H groups in total. The second-order valence-electron chi connectivity index (χ2n) is 3.38. The van der Waals surface area contributed by atoms with Crippen molar-refractivity contribution in [3.8, 4) is 30.4 Å². The molecule has 0 aliphatic carbocycles. The van der Waals surface area contributed by atoms with E-state index in [2.05, 4.69) is 11.8 Å². The van der Waals surface area contributed by atoms with E-state index < -0.39 is 11.8 Å². The summed E-state index contributed by atoms with van der Waals surface area (Å²) < 4.78 is 23.4. The number of esters is 1. The van der Waals surface area contributed by atoms with E-state index in [1.165, 1.54) is 6.07 Å². The molecular formula is C14H11FO3. The molecule has 0 aromatic heterocycles. The maximum absolute atomic E-state index is 13.7. The van der Waals surface area contributed by atoms with Gasteiger partial charge < -0.3 is 9.47 Å². The summed E-state index contributed by atoms with van der Waals surface area (Å²) in [4.78, 5) is 11.5. The molecule has 0 radical (unpaired) electrons. The molecule has 92 valence electrons. The van der Waals surface area contributed by atoms with Crippen molar-refractivity contribution in [1.29, 1.82) is 0 Å². The summed E-state index contributed by atoms with van der Waals surface area (Å²) in [5, 5.41) is 0. The first kappa shape index (κ1) is 13.6. The maximum atomic E-state index is 13.7. The molecule has 1 aromatic rings. The van der Waals surface area contributed by atoms with Crippen LogP contribution in [-0.4, -0.2) is 19.2 Å². The van der Waals surface area contributed by atoms with Gasteiger partial charge in [0, 0.05) is 0 Å². The Labute approximate surface area is 105 Å². The van der Waals surface area contributed by atoms with Crippen LogP contribution in [0.1, 0.15) is 15.9 Å². The minimum absolute atomic E-state index is 0.0291. The SMILES string of the molecule is C#CCOC(=O)c1cc(C)c(OCC#C)c(F)c1. The Morgan fingerprint density at radius 2 is 2.00 bits per heavy atom. The fraction of sp³-hybridized carbons (Fsp3) is 0.214. The summed E-state index contributed by atoms with van der Waals surface area (Å²) >= 11 is 0. The summed E-state index contributed by atoms with van der Waals surface area (Å²) in [5.41, 5.74) is 0.534. The van der Waals surface area contributed by atoms with E-state index in [1.54, 1.807) is 6.92 Å². The summed E-state index contributed by atoms with van der Waals surface area (Å²) in [7, 11) is 0. The highest BCUT2D eigenvalue weighted by Gasteiger charge is 2.14. The van der Waals surface area contributed by atoms with E-state index in [4.69, 9.17) is 22.3 Å². The Hall–Kier alpha value is -2.46. The zero-order valence-electron chi connectivity index (χ0n) is 9.83. The number of halogens is 1. The van der Waals surface area contributed by atoms with Gasteiger partial charge in [-0.1, -0.05) is 11.8 Å². The van der Waals surface area contributed by atoms with Gasteiger partial charge in [0.15, 0.2) is 18.2 Å². The average Bonchev–Trinajstić information content (AvgIpc) is 2.34. The number of hydrogen-bond acceptors (Lipinski definition) is 3. The predicted molar refractivity (Wildman–Crippen MR) is 64.6 cm³/mol. The van der Waals surface area contributed by atoms with Gasteiger partial charge in [0.2, 0.25) is 0 Å². The summed E-state index contributed by atoms with van der Waals surface area (Å²) in [6.07, 6.45) is 9.97. The minimum atomic E-state index is -0.682. The van der Waals surface area contributed by atoms with Gasteiger partial charge in [0.25, 0.3) is 0 Å². The molecule has 0 saturated heterocycles. The number of ether oxygens (including phenoxy) is 2. The van der Waals surface area contributed by atoms with E-state index in [0.717, 1.165) is 6.07 Å². The molecule has 3 nitrogen and oxygen atoms in total. The van der Waals surface area contributed by atoms with Crippen LogP contribution in [0.5, 0.6) is 5.75 Å². The number of rotatable bonds is 4. The van der Waals surface area contributed by atoms with E-state index in [1.807, 2.05) is 0 Å². The topological polar surface area (TPSA) is 35.5 Å². The Kier molecular flexibility index (Phi) is 4.78. The van der Waals surface area contributed by atoms with Crippen LogP contribution in [0.3, 0.4) is 0 Å². The molecule has 0 saturated carbocycles. The number of hydrogen-bond donors (Lipinski definition) is 0. The largest absolute Gasteiger partial charge is 0.478 e. The molecule has 1 aromatic carbocycles. The molecule has 18 heavy (non-hydrogen) atoms. The highest BCUT2D eigenvalue weighted by atomic mass is 19.1. The first-order chi connectivity index (χ1) is 8.60. The van der Waals surface area contributed by atoms with Crippen LogP contribution in [0, 0.1) is 37.4 Å². The second-order valence-corrected chi connectivity index (χ2v) is 3.38. The second kappa shape index (κ2) is 6.32. The summed E-state index contributed by atoms with van der Waals surface area (Å²) in [6, 6.07) is 2.48. The molecule has 0 heterocycles. The van der Waals surface area contributed by atoms with Crippen molar-refractivity contribution < 1.29 is 18.7 Å². The van der Waals surface area contributed by atoms with E-state index in [9.17, 15) is 9.18 Å². The van der Waals surface area contributed by atoms with Crippen molar-refractivity contribution in [3.63, 3.8) is 0 Å². The van der Waals surface area contributed by atoms with E-state index in [-0.39, 0.29) is 24.5 Å². The summed E-state index contributed by atoms with van der Waals surface area (Å²) in [6.45, 7) is 1.40. The van der Waals surface area contributed by atoms with Crippen molar-refractivity contribution in [1.82, 2.24) is 0 Å². The molecule has 0 spiro atoms. The first-order valence-electron chi connectivity index (χ1n) is 5.07. The van der Waals surface area contributed by atoms with Crippen LogP contribution in [0.2, 0.25) is 0 Å². The zero-order chi connectivity index (χ0) is 13.5. The van der Waals surface area contributed by atoms with Crippen LogP contribution < -0.4 is 4.74 Å². The van der Waals surface area contributed by atoms with Gasteiger partial charge in [-0.15, -0.1) is 12.8 Å². The number of terminal acetylenes is 2. The highest BCUT2D eigenvalue weighted by Crippen LogP contribution is 2.24. The lowest BCUT2D eigenvalue weighted by atomic mass is 10.1.